The summed E-state index contributed by atoms with van der Waals surface area (Å²) >= 11 is 0. The third-order valence-electron chi connectivity index (χ3n) is 3.39. The number of rotatable bonds is 5. The highest BCUT2D eigenvalue weighted by molar-refractivity contribution is 7.94. The number of hydrogen-bond acceptors (Lipinski definition) is 3. The first-order chi connectivity index (χ1) is 9.55. The van der Waals surface area contributed by atoms with Crippen LogP contribution in [0.2, 0.25) is 0 Å². The SMILES string of the molecule is CCN(CC)c1ccc2c(C[S+](C)C)cc(=O)oc2c1. The summed E-state index contributed by atoms with van der Waals surface area (Å²) in [5.41, 5.74) is 2.64. The summed E-state index contributed by atoms with van der Waals surface area (Å²) in [7, 11) is 0.261. The van der Waals surface area contributed by atoms with Crippen molar-refractivity contribution in [2.45, 2.75) is 19.6 Å². The van der Waals surface area contributed by atoms with Crippen LogP contribution in [-0.4, -0.2) is 25.6 Å². The molecule has 1 heterocycles. The van der Waals surface area contributed by atoms with Gasteiger partial charge >= 0.3 is 5.63 Å². The highest BCUT2D eigenvalue weighted by atomic mass is 32.2. The van der Waals surface area contributed by atoms with E-state index < -0.39 is 0 Å². The Bertz CT molecular complexity index is 644. The van der Waals surface area contributed by atoms with Gasteiger partial charge in [0.15, 0.2) is 0 Å². The fourth-order valence-electron chi connectivity index (χ4n) is 2.43. The zero-order valence-electron chi connectivity index (χ0n) is 12.6. The predicted octanol–water partition coefficient (Wildman–Crippen LogP) is 3.02. The molecule has 3 nitrogen and oxygen atoms in total. The molecule has 0 bridgehead atoms. The summed E-state index contributed by atoms with van der Waals surface area (Å²) in [4.78, 5) is 14.0. The van der Waals surface area contributed by atoms with Crippen molar-refractivity contribution in [3.63, 3.8) is 0 Å². The van der Waals surface area contributed by atoms with E-state index in [0.29, 0.717) is 5.58 Å². The molecule has 0 saturated carbocycles. The molecule has 0 amide bonds. The molecule has 0 unspecified atom stereocenters. The minimum atomic E-state index is -0.255. The average Bonchev–Trinajstić information content (AvgIpc) is 2.38. The van der Waals surface area contributed by atoms with E-state index in [4.69, 9.17) is 4.42 Å². The van der Waals surface area contributed by atoms with Gasteiger partial charge in [0.1, 0.15) is 11.3 Å². The number of nitrogens with zero attached hydrogens (tertiary/aromatic N) is 1. The van der Waals surface area contributed by atoms with E-state index in [1.54, 1.807) is 6.07 Å². The Hall–Kier alpha value is -1.42. The summed E-state index contributed by atoms with van der Waals surface area (Å²) in [6.45, 7) is 6.14. The minimum absolute atomic E-state index is 0.255. The first kappa shape index (κ1) is 15.0. The van der Waals surface area contributed by atoms with Crippen LogP contribution >= 0.6 is 0 Å². The normalized spacial score (nSPS) is 11.2. The van der Waals surface area contributed by atoms with Crippen molar-refractivity contribution in [2.24, 2.45) is 0 Å². The van der Waals surface area contributed by atoms with Crippen molar-refractivity contribution in [3.05, 3.63) is 40.2 Å². The molecule has 20 heavy (non-hydrogen) atoms. The summed E-state index contributed by atoms with van der Waals surface area (Å²) in [6.07, 6.45) is 4.37. The lowest BCUT2D eigenvalue weighted by atomic mass is 10.1. The highest BCUT2D eigenvalue weighted by Crippen LogP contribution is 2.24. The van der Waals surface area contributed by atoms with Crippen LogP contribution in [0.25, 0.3) is 11.0 Å². The lowest BCUT2D eigenvalue weighted by Crippen LogP contribution is -2.21. The lowest BCUT2D eigenvalue weighted by Gasteiger charge is -2.21. The lowest BCUT2D eigenvalue weighted by molar-refractivity contribution is 0.559. The third kappa shape index (κ3) is 3.18. The number of anilines is 1. The second-order valence-electron chi connectivity index (χ2n) is 5.07. The predicted molar refractivity (Wildman–Crippen MR) is 89.0 cm³/mol. The van der Waals surface area contributed by atoms with Gasteiger partial charge in [-0.05, 0) is 36.9 Å². The summed E-state index contributed by atoms with van der Waals surface area (Å²) < 4.78 is 5.38. The van der Waals surface area contributed by atoms with Crippen molar-refractivity contribution < 1.29 is 4.42 Å². The first-order valence-electron chi connectivity index (χ1n) is 6.91. The molecule has 4 heteroatoms. The van der Waals surface area contributed by atoms with Crippen LogP contribution in [0.3, 0.4) is 0 Å². The molecule has 0 saturated heterocycles. The van der Waals surface area contributed by atoms with Crippen LogP contribution in [0.15, 0.2) is 33.5 Å². The fraction of sp³-hybridized carbons (Fsp3) is 0.438. The van der Waals surface area contributed by atoms with Gasteiger partial charge in [-0.15, -0.1) is 0 Å². The van der Waals surface area contributed by atoms with E-state index in [-0.39, 0.29) is 16.5 Å². The van der Waals surface area contributed by atoms with Gasteiger partial charge in [-0.25, -0.2) is 4.79 Å². The molecule has 1 aromatic heterocycles. The van der Waals surface area contributed by atoms with Crippen molar-refractivity contribution in [1.82, 2.24) is 0 Å². The number of hydrogen-bond donors (Lipinski definition) is 0. The van der Waals surface area contributed by atoms with E-state index in [1.165, 1.54) is 0 Å². The van der Waals surface area contributed by atoms with E-state index in [2.05, 4.69) is 43.4 Å². The monoisotopic (exact) mass is 292 g/mol. The Balaban J connectivity index is 2.55. The average molecular weight is 292 g/mol. The van der Waals surface area contributed by atoms with Crippen molar-refractivity contribution in [2.75, 3.05) is 30.5 Å². The molecule has 0 aliphatic rings. The summed E-state index contributed by atoms with van der Waals surface area (Å²) in [6, 6.07) is 7.81. The van der Waals surface area contributed by atoms with E-state index in [9.17, 15) is 4.79 Å². The summed E-state index contributed by atoms with van der Waals surface area (Å²) in [5.74, 6) is 0.923. The largest absolute Gasteiger partial charge is 0.423 e. The standard InChI is InChI=1S/C16H22NO2S/c1-5-17(6-2)13-7-8-14-12(11-20(3)4)9-16(18)19-15(14)10-13/h7-10H,5-6,11H2,1-4H3/q+1. The fourth-order valence-corrected chi connectivity index (χ4v) is 3.30. The Morgan fingerprint density at radius 1 is 1.15 bits per heavy atom. The van der Waals surface area contributed by atoms with Gasteiger partial charge in [0.25, 0.3) is 0 Å². The highest BCUT2D eigenvalue weighted by Gasteiger charge is 2.13. The molecule has 0 atom stereocenters. The quantitative estimate of drug-likeness (QED) is 0.627. The minimum Gasteiger partial charge on any atom is -0.423 e. The molecule has 2 aromatic rings. The van der Waals surface area contributed by atoms with Crippen molar-refractivity contribution in [1.29, 1.82) is 0 Å². The third-order valence-corrected chi connectivity index (χ3v) is 4.27. The van der Waals surface area contributed by atoms with E-state index in [0.717, 1.165) is 35.5 Å². The van der Waals surface area contributed by atoms with Gasteiger partial charge in [-0.3, -0.25) is 0 Å². The van der Waals surface area contributed by atoms with Crippen LogP contribution in [-0.2, 0) is 16.6 Å². The van der Waals surface area contributed by atoms with Crippen LogP contribution in [0.5, 0.6) is 0 Å². The smallest absolute Gasteiger partial charge is 0.336 e. The molecule has 0 fully saturated rings. The molecular weight excluding hydrogens is 270 g/mol. The molecule has 0 aliphatic carbocycles. The second kappa shape index (κ2) is 6.35. The maximum Gasteiger partial charge on any atom is 0.336 e. The Morgan fingerprint density at radius 2 is 1.85 bits per heavy atom. The van der Waals surface area contributed by atoms with Crippen molar-refractivity contribution in [3.8, 4) is 0 Å². The van der Waals surface area contributed by atoms with Crippen LogP contribution in [0.1, 0.15) is 19.4 Å². The maximum absolute atomic E-state index is 11.7. The second-order valence-corrected chi connectivity index (χ2v) is 7.33. The Morgan fingerprint density at radius 3 is 2.45 bits per heavy atom. The van der Waals surface area contributed by atoms with Gasteiger partial charge < -0.3 is 9.32 Å². The van der Waals surface area contributed by atoms with Crippen LogP contribution < -0.4 is 10.5 Å². The molecule has 108 valence electrons. The van der Waals surface area contributed by atoms with E-state index >= 15 is 0 Å². The molecule has 0 radical (unpaired) electrons. The molecule has 0 aliphatic heterocycles. The molecule has 1 aromatic carbocycles. The van der Waals surface area contributed by atoms with Gasteiger partial charge in [-0.1, -0.05) is 0 Å². The molecule has 0 spiro atoms. The number of fused-ring (bicyclic) bond motifs is 1. The first-order valence-corrected chi connectivity index (χ1v) is 9.12. The summed E-state index contributed by atoms with van der Waals surface area (Å²) in [5, 5.41) is 1.06. The molecule has 2 rings (SSSR count). The Labute approximate surface area is 122 Å². The molecule has 0 N–H and O–H groups in total. The number of benzene rings is 1. The zero-order valence-corrected chi connectivity index (χ0v) is 13.4. The Kier molecular flexibility index (Phi) is 4.76. The van der Waals surface area contributed by atoms with Crippen LogP contribution in [0, 0.1) is 0 Å². The van der Waals surface area contributed by atoms with Gasteiger partial charge in [0.05, 0.1) is 12.5 Å². The zero-order chi connectivity index (χ0) is 14.7. The van der Waals surface area contributed by atoms with Crippen LogP contribution in [0.4, 0.5) is 5.69 Å². The van der Waals surface area contributed by atoms with Gasteiger partial charge in [-0.2, -0.15) is 0 Å². The van der Waals surface area contributed by atoms with Gasteiger partial charge in [0, 0.05) is 41.9 Å². The van der Waals surface area contributed by atoms with Crippen molar-refractivity contribution >= 4 is 27.6 Å². The topological polar surface area (TPSA) is 33.5 Å². The van der Waals surface area contributed by atoms with E-state index in [1.807, 2.05) is 6.07 Å². The maximum atomic E-state index is 11.7. The molecular formula is C16H22NO2S+. The van der Waals surface area contributed by atoms with Gasteiger partial charge in [0.2, 0.25) is 0 Å².